The van der Waals surface area contributed by atoms with E-state index < -0.39 is 18.5 Å². The first-order valence-corrected chi connectivity index (χ1v) is 5.30. The summed E-state index contributed by atoms with van der Waals surface area (Å²) in [6.07, 6.45) is 2.15. The zero-order chi connectivity index (χ0) is 12.2. The van der Waals surface area contributed by atoms with Gasteiger partial charge in [-0.25, -0.2) is 13.6 Å². The Kier molecular flexibility index (Phi) is 4.41. The lowest BCUT2D eigenvalue weighted by Gasteiger charge is -2.24. The van der Waals surface area contributed by atoms with Gasteiger partial charge in [0.1, 0.15) is 6.61 Å². The summed E-state index contributed by atoms with van der Waals surface area (Å²) in [5.41, 5.74) is 0.101. The molecule has 1 atom stereocenters. The predicted molar refractivity (Wildman–Crippen MR) is 54.5 cm³/mol. The molecule has 0 saturated carbocycles. The number of aliphatic carboxylic acids is 1. The van der Waals surface area contributed by atoms with Crippen molar-refractivity contribution >= 4 is 5.97 Å². The molecular weight excluding hydrogens is 218 g/mol. The number of alkyl halides is 2. The highest BCUT2D eigenvalue weighted by molar-refractivity contribution is 5.68. The summed E-state index contributed by atoms with van der Waals surface area (Å²) in [6.45, 7) is 1.01. The number of halogens is 2. The summed E-state index contributed by atoms with van der Waals surface area (Å²) >= 11 is 0. The fourth-order valence-corrected chi connectivity index (χ4v) is 1.67. The highest BCUT2D eigenvalue weighted by atomic mass is 19.3. The van der Waals surface area contributed by atoms with Gasteiger partial charge < -0.3 is 9.84 Å². The van der Waals surface area contributed by atoms with Crippen molar-refractivity contribution in [3.05, 3.63) is 11.6 Å². The van der Waals surface area contributed by atoms with E-state index in [-0.39, 0.29) is 24.5 Å². The molecule has 0 aromatic heterocycles. The van der Waals surface area contributed by atoms with Gasteiger partial charge in [-0.15, -0.1) is 0 Å². The first-order valence-electron chi connectivity index (χ1n) is 5.30. The van der Waals surface area contributed by atoms with Crippen molar-refractivity contribution < 1.29 is 23.4 Å². The molecule has 1 aliphatic carbocycles. The summed E-state index contributed by atoms with van der Waals surface area (Å²) < 4.78 is 31.8. The molecule has 1 aliphatic rings. The van der Waals surface area contributed by atoms with Crippen LogP contribution in [0.25, 0.3) is 0 Å². The molecule has 0 fully saturated rings. The van der Waals surface area contributed by atoms with E-state index in [2.05, 4.69) is 0 Å². The summed E-state index contributed by atoms with van der Waals surface area (Å²) in [5, 5.41) is 8.43. The van der Waals surface area contributed by atoms with E-state index in [1.807, 2.05) is 0 Å². The second-order valence-electron chi connectivity index (χ2n) is 4.03. The Labute approximate surface area is 93.1 Å². The minimum atomic E-state index is -2.79. The van der Waals surface area contributed by atoms with Gasteiger partial charge in [-0.1, -0.05) is 6.08 Å². The largest absolute Gasteiger partial charge is 0.480 e. The lowest BCUT2D eigenvalue weighted by molar-refractivity contribution is -0.144. The van der Waals surface area contributed by atoms with Gasteiger partial charge >= 0.3 is 5.97 Å². The zero-order valence-corrected chi connectivity index (χ0v) is 9.21. The van der Waals surface area contributed by atoms with Crippen LogP contribution in [-0.2, 0) is 9.53 Å². The average molecular weight is 234 g/mol. The number of carboxylic acid groups (broad SMARTS) is 1. The highest BCUT2D eigenvalue weighted by Gasteiger charge is 2.33. The van der Waals surface area contributed by atoms with E-state index in [9.17, 15) is 13.6 Å². The lowest BCUT2D eigenvalue weighted by Crippen LogP contribution is -2.25. The summed E-state index contributed by atoms with van der Waals surface area (Å²) in [6, 6.07) is 0. The Morgan fingerprint density at radius 3 is 2.94 bits per heavy atom. The number of carbonyl (C=O) groups is 1. The molecule has 0 amide bonds. The van der Waals surface area contributed by atoms with Crippen molar-refractivity contribution in [2.75, 3.05) is 6.61 Å². The van der Waals surface area contributed by atoms with Gasteiger partial charge in [-0.05, 0) is 31.8 Å². The SMILES string of the molecule is CC1=CCCC(OCC(=O)O)CCC1(F)F. The second-order valence-corrected chi connectivity index (χ2v) is 4.03. The molecule has 0 bridgehead atoms. The van der Waals surface area contributed by atoms with Crippen LogP contribution in [0.4, 0.5) is 8.78 Å². The van der Waals surface area contributed by atoms with E-state index >= 15 is 0 Å². The van der Waals surface area contributed by atoms with Gasteiger partial charge in [0.2, 0.25) is 0 Å². The van der Waals surface area contributed by atoms with Crippen LogP contribution < -0.4 is 0 Å². The molecule has 0 aromatic carbocycles. The minimum Gasteiger partial charge on any atom is -0.480 e. The molecule has 1 rings (SSSR count). The predicted octanol–water partition coefficient (Wildman–Crippen LogP) is 2.61. The maximum atomic E-state index is 13.4. The van der Waals surface area contributed by atoms with E-state index in [4.69, 9.17) is 9.84 Å². The molecule has 5 heteroatoms. The second kappa shape index (κ2) is 5.39. The van der Waals surface area contributed by atoms with Crippen LogP contribution in [0.15, 0.2) is 11.6 Å². The smallest absolute Gasteiger partial charge is 0.329 e. The fourth-order valence-electron chi connectivity index (χ4n) is 1.67. The molecule has 0 radical (unpaired) electrons. The van der Waals surface area contributed by atoms with Gasteiger partial charge in [0.15, 0.2) is 0 Å². The van der Waals surface area contributed by atoms with Gasteiger partial charge in [-0.3, -0.25) is 0 Å². The Balaban J connectivity index is 2.52. The molecule has 0 aromatic rings. The third kappa shape index (κ3) is 3.89. The quantitative estimate of drug-likeness (QED) is 0.763. The van der Waals surface area contributed by atoms with Gasteiger partial charge in [-0.2, -0.15) is 0 Å². The Morgan fingerprint density at radius 1 is 1.62 bits per heavy atom. The third-order valence-electron chi connectivity index (χ3n) is 2.74. The van der Waals surface area contributed by atoms with E-state index in [1.54, 1.807) is 0 Å². The maximum absolute atomic E-state index is 13.4. The van der Waals surface area contributed by atoms with Crippen LogP contribution in [0.1, 0.15) is 32.6 Å². The molecule has 3 nitrogen and oxygen atoms in total. The molecule has 0 spiro atoms. The van der Waals surface area contributed by atoms with Crippen molar-refractivity contribution in [3.8, 4) is 0 Å². The van der Waals surface area contributed by atoms with E-state index in [1.165, 1.54) is 13.0 Å². The fraction of sp³-hybridized carbons (Fsp3) is 0.727. The van der Waals surface area contributed by atoms with Gasteiger partial charge in [0, 0.05) is 6.42 Å². The summed E-state index contributed by atoms with van der Waals surface area (Å²) in [4.78, 5) is 10.3. The highest BCUT2D eigenvalue weighted by Crippen LogP contribution is 2.33. The molecular formula is C11H16F2O3. The van der Waals surface area contributed by atoms with Crippen molar-refractivity contribution in [2.45, 2.75) is 44.6 Å². The number of hydrogen-bond acceptors (Lipinski definition) is 2. The van der Waals surface area contributed by atoms with Crippen LogP contribution in [0, 0.1) is 0 Å². The van der Waals surface area contributed by atoms with Crippen molar-refractivity contribution in [1.82, 2.24) is 0 Å². The van der Waals surface area contributed by atoms with Crippen LogP contribution in [0.2, 0.25) is 0 Å². The Morgan fingerprint density at radius 2 is 2.31 bits per heavy atom. The molecule has 0 heterocycles. The van der Waals surface area contributed by atoms with Crippen LogP contribution in [0.5, 0.6) is 0 Å². The number of rotatable bonds is 3. The topological polar surface area (TPSA) is 46.5 Å². The number of carboxylic acids is 1. The molecule has 0 aliphatic heterocycles. The maximum Gasteiger partial charge on any atom is 0.329 e. The standard InChI is InChI=1S/C11H16F2O3/c1-8-3-2-4-9(16-7-10(14)15)5-6-11(8,12)13/h3,9H,2,4-7H2,1H3,(H,14,15). The molecule has 92 valence electrons. The number of hydrogen-bond donors (Lipinski definition) is 1. The van der Waals surface area contributed by atoms with Crippen molar-refractivity contribution in [3.63, 3.8) is 0 Å². The first-order chi connectivity index (χ1) is 7.42. The van der Waals surface area contributed by atoms with Gasteiger partial charge in [0.05, 0.1) is 6.10 Å². The monoisotopic (exact) mass is 234 g/mol. The average Bonchev–Trinajstić information content (AvgIpc) is 2.19. The van der Waals surface area contributed by atoms with E-state index in [0.717, 1.165) is 0 Å². The van der Waals surface area contributed by atoms with Crippen LogP contribution in [0.3, 0.4) is 0 Å². The summed E-state index contributed by atoms with van der Waals surface area (Å²) in [7, 11) is 0. The third-order valence-corrected chi connectivity index (χ3v) is 2.74. The van der Waals surface area contributed by atoms with Crippen LogP contribution in [-0.4, -0.2) is 29.7 Å². The summed E-state index contributed by atoms with van der Waals surface area (Å²) in [5.74, 6) is -3.86. The normalized spacial score (nSPS) is 25.4. The van der Waals surface area contributed by atoms with Crippen molar-refractivity contribution in [2.24, 2.45) is 0 Å². The van der Waals surface area contributed by atoms with Crippen LogP contribution >= 0.6 is 0 Å². The first kappa shape index (κ1) is 13.1. The molecule has 16 heavy (non-hydrogen) atoms. The molecule has 1 unspecified atom stereocenters. The number of allylic oxidation sites excluding steroid dienone is 2. The van der Waals surface area contributed by atoms with Crippen molar-refractivity contribution in [1.29, 1.82) is 0 Å². The molecule has 1 N–H and O–H groups in total. The lowest BCUT2D eigenvalue weighted by atomic mass is 9.96. The zero-order valence-electron chi connectivity index (χ0n) is 9.21. The number of ether oxygens (including phenoxy) is 1. The minimum absolute atomic E-state index is 0.101. The molecule has 0 saturated heterocycles. The van der Waals surface area contributed by atoms with Gasteiger partial charge in [0.25, 0.3) is 5.92 Å². The Bertz CT molecular complexity index is 287. The van der Waals surface area contributed by atoms with E-state index in [0.29, 0.717) is 12.8 Å². The Hall–Kier alpha value is -0.970.